The largest absolute Gasteiger partial charge is 0.382 e. The number of benzene rings is 1. The lowest BCUT2D eigenvalue weighted by atomic mass is 10.3. The van der Waals surface area contributed by atoms with Gasteiger partial charge in [-0.25, -0.2) is 4.98 Å². The van der Waals surface area contributed by atoms with E-state index in [1.165, 1.54) is 0 Å². The van der Waals surface area contributed by atoms with Crippen molar-refractivity contribution in [2.75, 3.05) is 18.4 Å². The van der Waals surface area contributed by atoms with Crippen molar-refractivity contribution in [2.24, 2.45) is 0 Å². The number of aryl methyl sites for hydroxylation is 2. The molecule has 0 aliphatic rings. The summed E-state index contributed by atoms with van der Waals surface area (Å²) < 4.78 is 2.09. The first-order valence-electron chi connectivity index (χ1n) is 8.06. The third-order valence-corrected chi connectivity index (χ3v) is 3.85. The van der Waals surface area contributed by atoms with E-state index in [4.69, 9.17) is 0 Å². The minimum atomic E-state index is 0.0418. The zero-order chi connectivity index (χ0) is 16.8. The number of imidazole rings is 1. The summed E-state index contributed by atoms with van der Waals surface area (Å²) >= 11 is 0. The summed E-state index contributed by atoms with van der Waals surface area (Å²) in [7, 11) is 0. The second kappa shape index (κ2) is 7.59. The van der Waals surface area contributed by atoms with Gasteiger partial charge in [0.1, 0.15) is 5.82 Å². The maximum atomic E-state index is 12.0. The highest BCUT2D eigenvalue weighted by molar-refractivity contribution is 5.78. The van der Waals surface area contributed by atoms with E-state index >= 15 is 0 Å². The molecule has 24 heavy (non-hydrogen) atoms. The van der Waals surface area contributed by atoms with E-state index in [9.17, 15) is 4.79 Å². The van der Waals surface area contributed by atoms with Gasteiger partial charge >= 0.3 is 0 Å². The fraction of sp³-hybridized carbons (Fsp3) is 0.278. The van der Waals surface area contributed by atoms with Gasteiger partial charge < -0.3 is 15.2 Å². The van der Waals surface area contributed by atoms with Crippen LogP contribution in [0.15, 0.2) is 48.8 Å². The minimum absolute atomic E-state index is 0.0418. The Hall–Kier alpha value is -2.89. The number of hydrogen-bond donors (Lipinski definition) is 2. The fourth-order valence-electron chi connectivity index (χ4n) is 2.66. The molecule has 2 aromatic heterocycles. The average molecular weight is 323 g/mol. The molecule has 0 spiro atoms. The van der Waals surface area contributed by atoms with Crippen LogP contribution in [0.1, 0.15) is 12.2 Å². The van der Waals surface area contributed by atoms with Gasteiger partial charge in [-0.05, 0) is 31.2 Å². The van der Waals surface area contributed by atoms with Gasteiger partial charge in [0.15, 0.2) is 0 Å². The predicted octanol–water partition coefficient (Wildman–Crippen LogP) is 2.36. The van der Waals surface area contributed by atoms with Crippen LogP contribution in [0.25, 0.3) is 11.0 Å². The Balaban J connectivity index is 1.44. The zero-order valence-electron chi connectivity index (χ0n) is 13.7. The summed E-state index contributed by atoms with van der Waals surface area (Å²) in [5, 5.41) is 6.14. The molecule has 0 saturated carbocycles. The number of pyridine rings is 1. The summed E-state index contributed by atoms with van der Waals surface area (Å²) in [5.41, 5.74) is 2.99. The number of hydrogen-bond acceptors (Lipinski definition) is 4. The number of nitrogens with zero attached hydrogens (tertiary/aromatic N) is 3. The van der Waals surface area contributed by atoms with Gasteiger partial charge in [0.2, 0.25) is 5.91 Å². The number of carbonyl (C=O) groups excluding carboxylic acids is 1. The van der Waals surface area contributed by atoms with Crippen LogP contribution in [0.3, 0.4) is 0 Å². The van der Waals surface area contributed by atoms with E-state index < -0.39 is 0 Å². The molecule has 6 heteroatoms. The van der Waals surface area contributed by atoms with E-state index in [1.54, 1.807) is 12.4 Å². The second-order valence-electron chi connectivity index (χ2n) is 5.57. The van der Waals surface area contributed by atoms with Gasteiger partial charge in [-0.2, -0.15) is 0 Å². The van der Waals surface area contributed by atoms with Crippen LogP contribution in [-0.2, 0) is 11.3 Å². The Morgan fingerprint density at radius 3 is 2.88 bits per heavy atom. The van der Waals surface area contributed by atoms with Crippen LogP contribution in [0.5, 0.6) is 0 Å². The monoisotopic (exact) mass is 323 g/mol. The Morgan fingerprint density at radius 1 is 1.17 bits per heavy atom. The molecule has 3 aromatic rings. The van der Waals surface area contributed by atoms with Gasteiger partial charge in [-0.1, -0.05) is 12.1 Å². The highest BCUT2D eigenvalue weighted by Crippen LogP contribution is 2.15. The molecule has 2 N–H and O–H groups in total. The van der Waals surface area contributed by atoms with Crippen LogP contribution in [0, 0.1) is 6.92 Å². The molecule has 3 rings (SSSR count). The van der Waals surface area contributed by atoms with Crippen molar-refractivity contribution >= 4 is 22.6 Å². The van der Waals surface area contributed by atoms with Crippen molar-refractivity contribution in [3.63, 3.8) is 0 Å². The number of para-hydroxylation sites is 2. The molecule has 0 atom stereocenters. The molecule has 1 aromatic carbocycles. The predicted molar refractivity (Wildman–Crippen MR) is 94.8 cm³/mol. The van der Waals surface area contributed by atoms with Gasteiger partial charge in [-0.3, -0.25) is 9.78 Å². The lowest BCUT2D eigenvalue weighted by Gasteiger charge is -2.09. The minimum Gasteiger partial charge on any atom is -0.382 e. The third kappa shape index (κ3) is 3.90. The van der Waals surface area contributed by atoms with Crippen LogP contribution >= 0.6 is 0 Å². The molecule has 124 valence electrons. The second-order valence-corrected chi connectivity index (χ2v) is 5.57. The van der Waals surface area contributed by atoms with Crippen LogP contribution in [-0.4, -0.2) is 33.5 Å². The molecule has 0 unspecified atom stereocenters. The topological polar surface area (TPSA) is 71.8 Å². The number of amides is 1. The summed E-state index contributed by atoms with van der Waals surface area (Å²) in [6.45, 7) is 3.85. The molecular weight excluding hydrogens is 302 g/mol. The Kier molecular flexibility index (Phi) is 5.05. The molecule has 0 fully saturated rings. The molecule has 1 amide bonds. The molecule has 0 bridgehead atoms. The first-order valence-corrected chi connectivity index (χ1v) is 8.06. The maximum absolute atomic E-state index is 12.0. The highest BCUT2D eigenvalue weighted by Gasteiger charge is 2.08. The zero-order valence-corrected chi connectivity index (χ0v) is 13.7. The lowest BCUT2D eigenvalue weighted by Crippen LogP contribution is -2.29. The van der Waals surface area contributed by atoms with Crippen LogP contribution in [0.2, 0.25) is 0 Å². The van der Waals surface area contributed by atoms with Gasteiger partial charge in [0.25, 0.3) is 0 Å². The van der Waals surface area contributed by atoms with E-state index in [1.807, 2.05) is 43.3 Å². The molecule has 2 heterocycles. The van der Waals surface area contributed by atoms with E-state index in [2.05, 4.69) is 25.2 Å². The number of rotatable bonds is 7. The van der Waals surface area contributed by atoms with E-state index in [0.29, 0.717) is 26.1 Å². The molecular formula is C18H21N5O. The van der Waals surface area contributed by atoms with Crippen molar-refractivity contribution in [3.8, 4) is 0 Å². The number of aromatic nitrogens is 3. The quantitative estimate of drug-likeness (QED) is 0.655. The number of nitrogens with one attached hydrogen (secondary N) is 2. The van der Waals surface area contributed by atoms with Crippen molar-refractivity contribution in [2.45, 2.75) is 19.9 Å². The van der Waals surface area contributed by atoms with E-state index in [0.717, 1.165) is 22.5 Å². The molecule has 0 aliphatic carbocycles. The highest BCUT2D eigenvalue weighted by atomic mass is 16.1. The lowest BCUT2D eigenvalue weighted by molar-refractivity contribution is -0.121. The Bertz CT molecular complexity index is 813. The standard InChI is InChI=1S/C18H21N5O/c1-14-22-16-6-2-3-7-17(16)23(14)12-8-18(24)21-11-10-20-15-5-4-9-19-13-15/h2-7,9,13,20H,8,10-12H2,1H3,(H,21,24). The molecule has 0 aliphatic heterocycles. The van der Waals surface area contributed by atoms with Crippen molar-refractivity contribution in [1.29, 1.82) is 0 Å². The SMILES string of the molecule is Cc1nc2ccccc2n1CCC(=O)NCCNc1cccnc1. The summed E-state index contributed by atoms with van der Waals surface area (Å²) in [6.07, 6.45) is 3.93. The first kappa shape index (κ1) is 16.0. The summed E-state index contributed by atoms with van der Waals surface area (Å²) in [6, 6.07) is 11.8. The molecule has 6 nitrogen and oxygen atoms in total. The van der Waals surface area contributed by atoms with Crippen molar-refractivity contribution in [1.82, 2.24) is 19.9 Å². The fourth-order valence-corrected chi connectivity index (χ4v) is 2.66. The average Bonchev–Trinajstić information content (AvgIpc) is 2.93. The van der Waals surface area contributed by atoms with Gasteiger partial charge in [-0.15, -0.1) is 0 Å². The van der Waals surface area contributed by atoms with Crippen LogP contribution < -0.4 is 10.6 Å². The van der Waals surface area contributed by atoms with Crippen LogP contribution in [0.4, 0.5) is 5.69 Å². The van der Waals surface area contributed by atoms with Crippen molar-refractivity contribution < 1.29 is 4.79 Å². The normalized spacial score (nSPS) is 10.7. The number of fused-ring (bicyclic) bond motifs is 1. The summed E-state index contributed by atoms with van der Waals surface area (Å²) in [5.74, 6) is 0.974. The maximum Gasteiger partial charge on any atom is 0.221 e. The summed E-state index contributed by atoms with van der Waals surface area (Å²) in [4.78, 5) is 20.6. The first-order chi connectivity index (χ1) is 11.7. The number of carbonyl (C=O) groups is 1. The molecule has 0 radical (unpaired) electrons. The van der Waals surface area contributed by atoms with Gasteiger partial charge in [0.05, 0.1) is 16.7 Å². The smallest absolute Gasteiger partial charge is 0.221 e. The third-order valence-electron chi connectivity index (χ3n) is 3.85. The van der Waals surface area contributed by atoms with Gasteiger partial charge in [0, 0.05) is 38.4 Å². The van der Waals surface area contributed by atoms with E-state index in [-0.39, 0.29) is 5.91 Å². The Labute approximate surface area is 140 Å². The van der Waals surface area contributed by atoms with Crippen molar-refractivity contribution in [3.05, 3.63) is 54.6 Å². The number of anilines is 1. The Morgan fingerprint density at radius 2 is 2.04 bits per heavy atom. The molecule has 0 saturated heterocycles.